The Morgan fingerprint density at radius 1 is 1.20 bits per heavy atom. The molecule has 1 atom stereocenters. The van der Waals surface area contributed by atoms with E-state index in [-0.39, 0.29) is 5.60 Å². The zero-order chi connectivity index (χ0) is 29.6. The summed E-state index contributed by atoms with van der Waals surface area (Å²) in [7, 11) is 0. The SMILES string of the molecule is Cc1nc2cc3nn2c(c1[C@H](OC(C)(C)C)C(=O)O)N1CCC(C)(CC1)O/C=C\CCOC(C)(C)c1cn(nn1)C3. The summed E-state index contributed by atoms with van der Waals surface area (Å²) < 4.78 is 22.0. The minimum atomic E-state index is -1.22. The molecule has 41 heavy (non-hydrogen) atoms. The zero-order valence-corrected chi connectivity index (χ0v) is 25.0. The number of carboxylic acids is 1. The molecule has 0 unspecified atom stereocenters. The molecule has 6 bridgehead atoms. The minimum absolute atomic E-state index is 0.349. The van der Waals surface area contributed by atoms with Crippen molar-refractivity contribution in [2.75, 3.05) is 24.6 Å². The number of aliphatic carboxylic acids is 1. The topological polar surface area (TPSA) is 129 Å². The number of hydrogen-bond acceptors (Lipinski definition) is 9. The van der Waals surface area contributed by atoms with Crippen molar-refractivity contribution in [2.45, 2.75) is 97.2 Å². The van der Waals surface area contributed by atoms with Crippen molar-refractivity contribution in [1.29, 1.82) is 0 Å². The lowest BCUT2D eigenvalue weighted by atomic mass is 9.92. The summed E-state index contributed by atoms with van der Waals surface area (Å²) in [6.07, 6.45) is 6.60. The maximum Gasteiger partial charge on any atom is 0.337 e. The van der Waals surface area contributed by atoms with Crippen LogP contribution in [0.4, 0.5) is 5.82 Å². The molecule has 1 fully saturated rings. The minimum Gasteiger partial charge on any atom is -0.495 e. The summed E-state index contributed by atoms with van der Waals surface area (Å²) in [4.78, 5) is 19.6. The quantitative estimate of drug-likeness (QED) is 0.492. The van der Waals surface area contributed by atoms with Gasteiger partial charge in [0.15, 0.2) is 11.8 Å². The van der Waals surface area contributed by atoms with Crippen LogP contribution in [0.15, 0.2) is 24.6 Å². The Morgan fingerprint density at radius 3 is 2.61 bits per heavy atom. The van der Waals surface area contributed by atoms with Crippen LogP contribution in [0.3, 0.4) is 0 Å². The number of rotatable bonds is 3. The Hall–Kier alpha value is -3.51. The van der Waals surface area contributed by atoms with Crippen LogP contribution in [0, 0.1) is 6.92 Å². The molecule has 12 nitrogen and oxygen atoms in total. The number of aromatic nitrogens is 6. The second-order valence-corrected chi connectivity index (χ2v) is 12.7. The molecule has 0 spiro atoms. The molecular formula is C29H41N7O5. The average Bonchev–Trinajstić information content (AvgIpc) is 3.51. The number of carbonyl (C=O) groups is 1. The highest BCUT2D eigenvalue weighted by atomic mass is 16.5. The molecule has 0 amide bonds. The summed E-state index contributed by atoms with van der Waals surface area (Å²) in [5.41, 5.74) is 1.51. The molecule has 0 radical (unpaired) electrons. The summed E-state index contributed by atoms with van der Waals surface area (Å²) in [5.74, 6) is -0.390. The Labute approximate surface area is 240 Å². The number of ether oxygens (including phenoxy) is 3. The third kappa shape index (κ3) is 6.23. The van der Waals surface area contributed by atoms with Crippen LogP contribution in [-0.4, -0.2) is 71.6 Å². The predicted molar refractivity (Wildman–Crippen MR) is 152 cm³/mol. The van der Waals surface area contributed by atoms with Gasteiger partial charge in [0.25, 0.3) is 0 Å². The molecule has 3 aromatic rings. The second kappa shape index (κ2) is 10.7. The van der Waals surface area contributed by atoms with Crippen molar-refractivity contribution in [3.8, 4) is 0 Å². The van der Waals surface area contributed by atoms with Crippen molar-refractivity contribution in [3.05, 3.63) is 47.2 Å². The second-order valence-electron chi connectivity index (χ2n) is 12.7. The lowest BCUT2D eigenvalue weighted by Gasteiger charge is -2.41. The van der Waals surface area contributed by atoms with Crippen molar-refractivity contribution >= 4 is 17.4 Å². The molecule has 222 valence electrons. The fourth-order valence-electron chi connectivity index (χ4n) is 5.30. The Morgan fingerprint density at radius 2 is 1.93 bits per heavy atom. The summed E-state index contributed by atoms with van der Waals surface area (Å²) >= 11 is 0. The van der Waals surface area contributed by atoms with Gasteiger partial charge in [-0.05, 0) is 61.0 Å². The van der Waals surface area contributed by atoms with Gasteiger partial charge in [0, 0.05) is 37.7 Å². The van der Waals surface area contributed by atoms with Crippen LogP contribution < -0.4 is 4.90 Å². The maximum absolute atomic E-state index is 12.6. The standard InChI is InChI=1S/C29H41N7O5/c1-19-23(24(26(37)38)41-27(2,3)4)25-34-12-10-29(7,11-13-34)40-15-9-8-14-39-28(5,6)21-18-35(33-31-21)17-20-16-22(30-19)36(25)32-20/h9,15-16,18,24H,8,10-14,17H2,1-7H3,(H,37,38)/b15-9-/t24-/m0/s1. The van der Waals surface area contributed by atoms with E-state index < -0.39 is 23.3 Å². The van der Waals surface area contributed by atoms with Gasteiger partial charge in [-0.1, -0.05) is 5.21 Å². The largest absolute Gasteiger partial charge is 0.495 e. The number of carboxylic acid groups (broad SMARTS) is 1. The van der Waals surface area contributed by atoms with E-state index in [2.05, 4.69) is 22.1 Å². The third-order valence-electron chi connectivity index (χ3n) is 7.61. The third-order valence-corrected chi connectivity index (χ3v) is 7.61. The zero-order valence-electron chi connectivity index (χ0n) is 25.0. The molecule has 1 saturated heterocycles. The van der Waals surface area contributed by atoms with E-state index >= 15 is 0 Å². The number of anilines is 1. The molecule has 3 aromatic heterocycles. The summed E-state index contributed by atoms with van der Waals surface area (Å²) in [5, 5.41) is 23.9. The predicted octanol–water partition coefficient (Wildman–Crippen LogP) is 4.16. The first-order chi connectivity index (χ1) is 19.2. The van der Waals surface area contributed by atoms with E-state index in [1.807, 2.05) is 59.9 Å². The molecule has 6 rings (SSSR count). The van der Waals surface area contributed by atoms with Crippen LogP contribution >= 0.6 is 0 Å². The molecule has 1 N–H and O–H groups in total. The van der Waals surface area contributed by atoms with E-state index in [9.17, 15) is 9.90 Å². The van der Waals surface area contributed by atoms with Gasteiger partial charge in [0.05, 0.1) is 42.5 Å². The number of fused-ring (bicyclic) bond motifs is 7. The van der Waals surface area contributed by atoms with Crippen LogP contribution in [-0.2, 0) is 31.2 Å². The molecule has 0 aromatic carbocycles. The Kier molecular flexibility index (Phi) is 7.58. The normalized spacial score (nSPS) is 20.7. The Bertz CT molecular complexity index is 1440. The van der Waals surface area contributed by atoms with E-state index in [4.69, 9.17) is 24.3 Å². The molecule has 12 heteroatoms. The van der Waals surface area contributed by atoms with Crippen LogP contribution in [0.25, 0.3) is 5.65 Å². The monoisotopic (exact) mass is 567 g/mol. The average molecular weight is 568 g/mol. The molecular weight excluding hydrogens is 526 g/mol. The van der Waals surface area contributed by atoms with Crippen molar-refractivity contribution in [3.63, 3.8) is 0 Å². The van der Waals surface area contributed by atoms with Gasteiger partial charge in [-0.2, -0.15) is 9.61 Å². The number of piperidine rings is 1. The number of nitrogens with zero attached hydrogens (tertiary/aromatic N) is 7. The Balaban J connectivity index is 1.64. The van der Waals surface area contributed by atoms with Gasteiger partial charge in [-0.3, -0.25) is 0 Å². The lowest BCUT2D eigenvalue weighted by molar-refractivity contribution is -0.160. The van der Waals surface area contributed by atoms with Gasteiger partial charge in [-0.25, -0.2) is 14.5 Å². The van der Waals surface area contributed by atoms with E-state index in [1.54, 1.807) is 15.5 Å². The lowest BCUT2D eigenvalue weighted by Crippen LogP contribution is -2.45. The van der Waals surface area contributed by atoms with Crippen LogP contribution in [0.1, 0.15) is 89.6 Å². The fraction of sp³-hybridized carbons (Fsp3) is 0.621. The van der Waals surface area contributed by atoms with Crippen LogP contribution in [0.2, 0.25) is 0 Å². The molecule has 6 heterocycles. The molecule has 3 aliphatic heterocycles. The molecule has 0 saturated carbocycles. The molecule has 0 aliphatic carbocycles. The number of hydrogen-bond donors (Lipinski definition) is 1. The molecule has 3 aliphatic rings. The first-order valence-electron chi connectivity index (χ1n) is 14.2. The number of aryl methyl sites for hydroxylation is 1. The summed E-state index contributed by atoms with van der Waals surface area (Å²) in [6, 6.07) is 1.91. The first kappa shape index (κ1) is 29.0. The summed E-state index contributed by atoms with van der Waals surface area (Å²) in [6.45, 7) is 15.6. The van der Waals surface area contributed by atoms with Gasteiger partial charge in [0.2, 0.25) is 0 Å². The highest BCUT2D eigenvalue weighted by Gasteiger charge is 2.38. The van der Waals surface area contributed by atoms with Crippen LogP contribution in [0.5, 0.6) is 0 Å². The van der Waals surface area contributed by atoms with Gasteiger partial charge >= 0.3 is 5.97 Å². The maximum atomic E-state index is 12.6. The smallest absolute Gasteiger partial charge is 0.337 e. The fourth-order valence-corrected chi connectivity index (χ4v) is 5.30. The van der Waals surface area contributed by atoms with Gasteiger partial charge in [-0.15, -0.1) is 5.10 Å². The van der Waals surface area contributed by atoms with Gasteiger partial charge in [0.1, 0.15) is 22.7 Å². The first-order valence-corrected chi connectivity index (χ1v) is 14.2. The van der Waals surface area contributed by atoms with Crippen molar-refractivity contribution in [2.24, 2.45) is 0 Å². The van der Waals surface area contributed by atoms with Crippen molar-refractivity contribution in [1.82, 2.24) is 29.6 Å². The highest BCUT2D eigenvalue weighted by Crippen LogP contribution is 2.38. The van der Waals surface area contributed by atoms with E-state index in [0.29, 0.717) is 55.4 Å². The van der Waals surface area contributed by atoms with Gasteiger partial charge < -0.3 is 24.2 Å². The van der Waals surface area contributed by atoms with E-state index in [1.165, 1.54) is 0 Å². The highest BCUT2D eigenvalue weighted by molar-refractivity contribution is 5.78. The van der Waals surface area contributed by atoms with Crippen molar-refractivity contribution < 1.29 is 24.1 Å². The van der Waals surface area contributed by atoms with E-state index in [0.717, 1.165) is 24.2 Å².